The van der Waals surface area contributed by atoms with E-state index in [0.29, 0.717) is 0 Å². The van der Waals surface area contributed by atoms with Gasteiger partial charge in [0, 0.05) is 0 Å². The summed E-state index contributed by atoms with van der Waals surface area (Å²) in [6.07, 6.45) is 4.74. The maximum absolute atomic E-state index is 2.37. The average Bonchev–Trinajstić information content (AvgIpc) is 3.27. The summed E-state index contributed by atoms with van der Waals surface area (Å²) in [5, 5.41) is 5.49. The lowest BCUT2D eigenvalue weighted by Crippen LogP contribution is -2.13. The maximum Gasteiger partial charge on any atom is -0.00668 e. The van der Waals surface area contributed by atoms with Gasteiger partial charge in [0.25, 0.3) is 0 Å². The first-order chi connectivity index (χ1) is 13.7. The van der Waals surface area contributed by atoms with Gasteiger partial charge < -0.3 is 0 Å². The van der Waals surface area contributed by atoms with Gasteiger partial charge in [-0.05, 0) is 91.4 Å². The minimum atomic E-state index is 1.32. The Kier molecular flexibility index (Phi) is 3.11. The molecule has 0 nitrogen and oxygen atoms in total. The van der Waals surface area contributed by atoms with Crippen molar-refractivity contribution in [1.29, 1.82) is 0 Å². The van der Waals surface area contributed by atoms with Crippen molar-refractivity contribution >= 4 is 12.2 Å². The molecule has 2 aliphatic rings. The molecule has 6 rings (SSSR count). The van der Waals surface area contributed by atoms with Crippen molar-refractivity contribution in [3.63, 3.8) is 0 Å². The van der Waals surface area contributed by atoms with Crippen molar-refractivity contribution in [3.05, 3.63) is 116 Å². The van der Waals surface area contributed by atoms with Crippen molar-refractivity contribution < 1.29 is 0 Å². The van der Waals surface area contributed by atoms with E-state index >= 15 is 0 Å². The van der Waals surface area contributed by atoms with Crippen molar-refractivity contribution in [3.8, 4) is 22.3 Å². The highest BCUT2D eigenvalue weighted by Gasteiger charge is 2.16. The van der Waals surface area contributed by atoms with Crippen LogP contribution in [-0.4, -0.2) is 0 Å². The van der Waals surface area contributed by atoms with E-state index in [9.17, 15) is 0 Å². The molecular formula is C28H20. The highest BCUT2D eigenvalue weighted by molar-refractivity contribution is 5.85. The third kappa shape index (κ3) is 2.00. The number of hydrogen-bond donors (Lipinski definition) is 0. The van der Waals surface area contributed by atoms with Gasteiger partial charge in [-0.25, -0.2) is 0 Å². The molecule has 28 heavy (non-hydrogen) atoms. The monoisotopic (exact) mass is 356 g/mol. The van der Waals surface area contributed by atoms with Crippen LogP contribution in [0.1, 0.15) is 22.3 Å². The van der Waals surface area contributed by atoms with Crippen LogP contribution in [0.15, 0.2) is 72.8 Å². The molecule has 0 radical (unpaired) electrons. The van der Waals surface area contributed by atoms with Gasteiger partial charge in [0.2, 0.25) is 0 Å². The van der Waals surface area contributed by atoms with Crippen molar-refractivity contribution in [2.24, 2.45) is 0 Å². The number of benzene rings is 4. The summed E-state index contributed by atoms with van der Waals surface area (Å²) in [4.78, 5) is 0. The molecule has 0 N–H and O–H groups in total. The van der Waals surface area contributed by atoms with Gasteiger partial charge in [-0.3, -0.25) is 0 Å². The molecule has 4 aromatic carbocycles. The summed E-state index contributed by atoms with van der Waals surface area (Å²) < 4.78 is 0. The van der Waals surface area contributed by atoms with E-state index in [1.54, 1.807) is 0 Å². The van der Waals surface area contributed by atoms with Crippen molar-refractivity contribution in [2.45, 2.75) is 13.8 Å². The smallest absolute Gasteiger partial charge is 0.00668 e. The Morgan fingerprint density at radius 1 is 0.429 bits per heavy atom. The van der Waals surface area contributed by atoms with E-state index in [2.05, 4.69) is 98.8 Å². The zero-order valence-electron chi connectivity index (χ0n) is 16.1. The van der Waals surface area contributed by atoms with Crippen LogP contribution in [0.25, 0.3) is 34.4 Å². The Morgan fingerprint density at radius 2 is 0.857 bits per heavy atom. The van der Waals surface area contributed by atoms with E-state index < -0.39 is 0 Å². The van der Waals surface area contributed by atoms with Crippen LogP contribution in [-0.2, 0) is 0 Å². The molecule has 0 saturated heterocycles. The third-order valence-corrected chi connectivity index (χ3v) is 6.26. The zero-order valence-corrected chi connectivity index (χ0v) is 16.1. The Bertz CT molecular complexity index is 1400. The fraction of sp³-hybridized carbons (Fsp3) is 0.0714. The lowest BCUT2D eigenvalue weighted by Gasteiger charge is -2.06. The van der Waals surface area contributed by atoms with Crippen molar-refractivity contribution in [2.75, 3.05) is 0 Å². The normalized spacial score (nSPS) is 13.8. The van der Waals surface area contributed by atoms with E-state index in [0.717, 1.165) is 0 Å². The molecule has 0 amide bonds. The first-order valence-corrected chi connectivity index (χ1v) is 9.88. The van der Waals surface area contributed by atoms with Crippen LogP contribution in [0.2, 0.25) is 0 Å². The second kappa shape index (κ2) is 5.56. The molecule has 0 fully saturated rings. The molecule has 4 aromatic rings. The molecular weight excluding hydrogens is 336 g/mol. The second-order valence-corrected chi connectivity index (χ2v) is 7.90. The van der Waals surface area contributed by atoms with E-state index in [1.807, 2.05) is 0 Å². The van der Waals surface area contributed by atoms with Crippen molar-refractivity contribution in [1.82, 2.24) is 0 Å². The minimum absolute atomic E-state index is 1.32. The van der Waals surface area contributed by atoms with Gasteiger partial charge in [-0.15, -0.1) is 0 Å². The van der Waals surface area contributed by atoms with Gasteiger partial charge in [-0.1, -0.05) is 72.8 Å². The topological polar surface area (TPSA) is 0 Å². The standard InChI is InChI=1S/C28H20/c1-17-11-13-23-21-9-5-3-7-19(21)15-25(23)27(17)28-18(2)12-14-24-22-10-6-4-8-20(22)16-26(24)28/h3-16H,1-2H3. The minimum Gasteiger partial charge on any atom is -0.0616 e. The van der Waals surface area contributed by atoms with Gasteiger partial charge in [0.1, 0.15) is 0 Å². The summed E-state index contributed by atoms with van der Waals surface area (Å²) in [7, 11) is 0. The molecule has 0 heteroatoms. The molecule has 0 unspecified atom stereocenters. The average molecular weight is 356 g/mol. The van der Waals surface area contributed by atoms with Gasteiger partial charge in [0.05, 0.1) is 0 Å². The summed E-state index contributed by atoms with van der Waals surface area (Å²) in [6.45, 7) is 4.49. The van der Waals surface area contributed by atoms with Crippen LogP contribution < -0.4 is 10.4 Å². The van der Waals surface area contributed by atoms with E-state index in [-0.39, 0.29) is 0 Å². The predicted molar refractivity (Wildman–Crippen MR) is 117 cm³/mol. The van der Waals surface area contributed by atoms with E-state index in [1.165, 1.54) is 65.4 Å². The highest BCUT2D eigenvalue weighted by Crippen LogP contribution is 2.29. The molecule has 2 aliphatic carbocycles. The van der Waals surface area contributed by atoms with Gasteiger partial charge in [0.15, 0.2) is 0 Å². The molecule has 0 aliphatic heterocycles. The van der Waals surface area contributed by atoms with Crippen LogP contribution in [0.4, 0.5) is 0 Å². The Labute approximate surface area is 164 Å². The Hall–Kier alpha value is -3.38. The molecule has 0 atom stereocenters. The van der Waals surface area contributed by atoms with Crippen LogP contribution in [0.5, 0.6) is 0 Å². The highest BCUT2D eigenvalue weighted by atomic mass is 14.2. The maximum atomic E-state index is 2.37. The van der Waals surface area contributed by atoms with Crippen LogP contribution in [0.3, 0.4) is 0 Å². The third-order valence-electron chi connectivity index (χ3n) is 6.26. The molecule has 0 heterocycles. The molecule has 132 valence electrons. The largest absolute Gasteiger partial charge is 0.0616 e. The van der Waals surface area contributed by atoms with Crippen LogP contribution in [0, 0.1) is 24.3 Å². The quantitative estimate of drug-likeness (QED) is 0.350. The lowest BCUT2D eigenvalue weighted by atomic mass is 9.97. The fourth-order valence-electron chi connectivity index (χ4n) is 4.94. The summed E-state index contributed by atoms with van der Waals surface area (Å²) in [5.74, 6) is 0. The Balaban J connectivity index is 1.89. The fourth-order valence-corrected chi connectivity index (χ4v) is 4.94. The number of aryl methyl sites for hydroxylation is 2. The Morgan fingerprint density at radius 3 is 1.32 bits per heavy atom. The number of fused-ring (bicyclic) bond motifs is 6. The molecule has 0 spiro atoms. The number of rotatable bonds is 0. The van der Waals surface area contributed by atoms with Gasteiger partial charge >= 0.3 is 0 Å². The van der Waals surface area contributed by atoms with E-state index in [4.69, 9.17) is 0 Å². The lowest BCUT2D eigenvalue weighted by molar-refractivity contribution is 1.28. The van der Waals surface area contributed by atoms with Gasteiger partial charge in [-0.2, -0.15) is 0 Å². The summed E-state index contributed by atoms with van der Waals surface area (Å²) in [5.41, 5.74) is 10.7. The molecule has 0 aromatic heterocycles. The predicted octanol–water partition coefficient (Wildman–Crippen LogP) is 5.21. The zero-order chi connectivity index (χ0) is 18.8. The SMILES string of the molecule is Cc1ccc2c(c1=c1c(C)ccc3c1=Cc1ccccc1-3)=Cc1ccccc1-2. The van der Waals surface area contributed by atoms with Crippen LogP contribution >= 0.6 is 0 Å². The second-order valence-electron chi connectivity index (χ2n) is 7.90. The number of hydrogen-bond acceptors (Lipinski definition) is 0. The summed E-state index contributed by atoms with van der Waals surface area (Å²) >= 11 is 0. The first-order valence-electron chi connectivity index (χ1n) is 9.88. The molecule has 0 saturated carbocycles. The first kappa shape index (κ1) is 15.7. The molecule has 0 bridgehead atoms. The summed E-state index contributed by atoms with van der Waals surface area (Å²) in [6, 6.07) is 26.6.